The molecule has 1 fully saturated rings. The summed E-state index contributed by atoms with van der Waals surface area (Å²) >= 11 is 5.88. The van der Waals surface area contributed by atoms with E-state index in [1.165, 1.54) is 0 Å². The third kappa shape index (κ3) is 3.11. The fraction of sp³-hybridized carbons (Fsp3) is 0.615. The van der Waals surface area contributed by atoms with Crippen LogP contribution in [0.2, 0.25) is 5.02 Å². The van der Waals surface area contributed by atoms with E-state index in [0.29, 0.717) is 23.8 Å². The van der Waals surface area contributed by atoms with E-state index in [0.717, 1.165) is 0 Å². The Morgan fingerprint density at radius 2 is 2.21 bits per heavy atom. The van der Waals surface area contributed by atoms with Crippen LogP contribution in [-0.4, -0.2) is 51.9 Å². The molecular weight excluding hydrogens is 268 g/mol. The molecule has 5 nitrogen and oxygen atoms in total. The molecule has 2 heterocycles. The van der Waals surface area contributed by atoms with Crippen molar-refractivity contribution in [3.05, 3.63) is 23.0 Å². The highest BCUT2D eigenvalue weighted by Crippen LogP contribution is 2.20. The van der Waals surface area contributed by atoms with Crippen LogP contribution in [0.5, 0.6) is 0 Å². The first-order chi connectivity index (χ1) is 8.88. The molecule has 0 saturated carbocycles. The highest BCUT2D eigenvalue weighted by molar-refractivity contribution is 6.31. The van der Waals surface area contributed by atoms with Gasteiger partial charge in [-0.2, -0.15) is 0 Å². The molecule has 0 bridgehead atoms. The molecule has 1 aromatic heterocycles. The van der Waals surface area contributed by atoms with Crippen LogP contribution >= 0.6 is 11.6 Å². The molecule has 1 N–H and O–H groups in total. The third-order valence-electron chi connectivity index (χ3n) is 3.16. The van der Waals surface area contributed by atoms with Crippen molar-refractivity contribution in [2.45, 2.75) is 32.2 Å². The summed E-state index contributed by atoms with van der Waals surface area (Å²) in [6.45, 7) is 4.52. The number of aromatic nitrogens is 1. The molecule has 2 atom stereocenters. The summed E-state index contributed by atoms with van der Waals surface area (Å²) in [7, 11) is 1.77. The summed E-state index contributed by atoms with van der Waals surface area (Å²) in [6.07, 6.45) is 0.754. The SMILES string of the molecule is CC(C)O[C@H]1CN(C(=O)c2cc(Cl)cn2C)C[C@@H]1O. The highest BCUT2D eigenvalue weighted by atomic mass is 35.5. The van der Waals surface area contributed by atoms with Gasteiger partial charge in [0.2, 0.25) is 0 Å². The second kappa shape index (κ2) is 5.53. The van der Waals surface area contributed by atoms with Gasteiger partial charge in [0.1, 0.15) is 11.8 Å². The minimum absolute atomic E-state index is 0.0270. The molecule has 2 rings (SSSR count). The van der Waals surface area contributed by atoms with E-state index >= 15 is 0 Å². The van der Waals surface area contributed by atoms with Crippen molar-refractivity contribution in [2.75, 3.05) is 13.1 Å². The quantitative estimate of drug-likeness (QED) is 0.911. The molecule has 0 aliphatic carbocycles. The summed E-state index contributed by atoms with van der Waals surface area (Å²) < 4.78 is 7.29. The molecule has 1 saturated heterocycles. The lowest BCUT2D eigenvalue weighted by Gasteiger charge is -2.18. The fourth-order valence-electron chi connectivity index (χ4n) is 2.30. The number of carbonyl (C=O) groups excluding carboxylic acids is 1. The number of β-amino-alcohol motifs (C(OH)–C–C–N with tert-alkyl or cyclic N) is 1. The van der Waals surface area contributed by atoms with Crippen molar-refractivity contribution >= 4 is 17.5 Å². The molecule has 19 heavy (non-hydrogen) atoms. The van der Waals surface area contributed by atoms with Crippen molar-refractivity contribution in [1.82, 2.24) is 9.47 Å². The lowest BCUT2D eigenvalue weighted by Crippen LogP contribution is -2.32. The number of likely N-dealkylation sites (tertiary alicyclic amines) is 1. The largest absolute Gasteiger partial charge is 0.388 e. The minimum Gasteiger partial charge on any atom is -0.388 e. The van der Waals surface area contributed by atoms with Crippen molar-refractivity contribution < 1.29 is 14.6 Å². The molecule has 1 aromatic rings. The first-order valence-electron chi connectivity index (χ1n) is 6.33. The molecule has 1 amide bonds. The third-order valence-corrected chi connectivity index (χ3v) is 3.37. The van der Waals surface area contributed by atoms with Gasteiger partial charge < -0.3 is 19.3 Å². The van der Waals surface area contributed by atoms with E-state index in [2.05, 4.69) is 0 Å². The Bertz CT molecular complexity index is 472. The summed E-state index contributed by atoms with van der Waals surface area (Å²) in [5.74, 6) is -0.136. The Morgan fingerprint density at radius 3 is 2.74 bits per heavy atom. The van der Waals surface area contributed by atoms with Crippen LogP contribution in [0.3, 0.4) is 0 Å². The van der Waals surface area contributed by atoms with E-state index in [-0.39, 0.29) is 18.1 Å². The standard InChI is InChI=1S/C13H19ClN2O3/c1-8(2)19-12-7-16(6-11(12)17)13(18)10-4-9(14)5-15(10)3/h4-5,8,11-12,17H,6-7H2,1-3H3/t11-,12-/m0/s1. The fourth-order valence-corrected chi connectivity index (χ4v) is 2.55. The monoisotopic (exact) mass is 286 g/mol. The first kappa shape index (κ1) is 14.4. The number of hydrogen-bond donors (Lipinski definition) is 1. The molecule has 6 heteroatoms. The van der Waals surface area contributed by atoms with Gasteiger partial charge >= 0.3 is 0 Å². The average molecular weight is 287 g/mol. The van der Waals surface area contributed by atoms with Crippen molar-refractivity contribution in [3.63, 3.8) is 0 Å². The summed E-state index contributed by atoms with van der Waals surface area (Å²) in [5, 5.41) is 10.5. The zero-order valence-electron chi connectivity index (χ0n) is 11.3. The van der Waals surface area contributed by atoms with Crippen LogP contribution in [-0.2, 0) is 11.8 Å². The van der Waals surface area contributed by atoms with Crippen molar-refractivity contribution in [3.8, 4) is 0 Å². The number of aliphatic hydroxyl groups excluding tert-OH is 1. The van der Waals surface area contributed by atoms with Crippen molar-refractivity contribution in [1.29, 1.82) is 0 Å². The van der Waals surface area contributed by atoms with Gasteiger partial charge in [-0.3, -0.25) is 4.79 Å². The maximum atomic E-state index is 12.3. The number of hydrogen-bond acceptors (Lipinski definition) is 3. The predicted octanol–water partition coefficient (Wildman–Crippen LogP) is 1.29. The van der Waals surface area contributed by atoms with Crippen LogP contribution < -0.4 is 0 Å². The molecule has 1 aliphatic rings. The molecule has 1 aliphatic heterocycles. The number of amides is 1. The van der Waals surface area contributed by atoms with E-state index in [4.69, 9.17) is 16.3 Å². The zero-order chi connectivity index (χ0) is 14.2. The maximum absolute atomic E-state index is 12.3. The van der Waals surface area contributed by atoms with Gasteiger partial charge in [-0.25, -0.2) is 0 Å². The van der Waals surface area contributed by atoms with E-state index in [9.17, 15) is 9.90 Å². The number of aliphatic hydroxyl groups is 1. The van der Waals surface area contributed by atoms with E-state index < -0.39 is 6.10 Å². The normalized spacial score (nSPS) is 23.4. The van der Waals surface area contributed by atoms with Crippen LogP contribution in [0.15, 0.2) is 12.3 Å². The molecular formula is C13H19ClN2O3. The topological polar surface area (TPSA) is 54.7 Å². The first-order valence-corrected chi connectivity index (χ1v) is 6.71. The Kier molecular flexibility index (Phi) is 4.18. The van der Waals surface area contributed by atoms with Crippen molar-refractivity contribution in [2.24, 2.45) is 7.05 Å². The number of rotatable bonds is 3. The Hall–Kier alpha value is -1.04. The van der Waals surface area contributed by atoms with Gasteiger partial charge in [0.15, 0.2) is 0 Å². The summed E-state index contributed by atoms with van der Waals surface area (Å²) in [5.41, 5.74) is 0.516. The van der Waals surface area contributed by atoms with Crippen LogP contribution in [0, 0.1) is 0 Å². The van der Waals surface area contributed by atoms with Gasteiger partial charge in [0.05, 0.1) is 17.2 Å². The Morgan fingerprint density at radius 1 is 1.53 bits per heavy atom. The predicted molar refractivity (Wildman–Crippen MR) is 72.3 cm³/mol. The number of halogens is 1. The second-order valence-electron chi connectivity index (χ2n) is 5.16. The number of aryl methyl sites for hydroxylation is 1. The zero-order valence-corrected chi connectivity index (χ0v) is 12.1. The lowest BCUT2D eigenvalue weighted by molar-refractivity contribution is -0.0394. The van der Waals surface area contributed by atoms with Crippen LogP contribution in [0.1, 0.15) is 24.3 Å². The lowest BCUT2D eigenvalue weighted by atomic mass is 10.2. The number of nitrogens with zero attached hydrogens (tertiary/aromatic N) is 2. The van der Waals surface area contributed by atoms with Gasteiger partial charge in [0, 0.05) is 26.3 Å². The van der Waals surface area contributed by atoms with E-state index in [1.807, 2.05) is 13.8 Å². The Balaban J connectivity index is 2.08. The minimum atomic E-state index is -0.637. The summed E-state index contributed by atoms with van der Waals surface area (Å²) in [6, 6.07) is 1.63. The van der Waals surface area contributed by atoms with Gasteiger partial charge in [-0.05, 0) is 19.9 Å². The van der Waals surface area contributed by atoms with Gasteiger partial charge in [0.25, 0.3) is 5.91 Å². The molecule has 0 radical (unpaired) electrons. The highest BCUT2D eigenvalue weighted by Gasteiger charge is 2.36. The smallest absolute Gasteiger partial charge is 0.270 e. The average Bonchev–Trinajstić information content (AvgIpc) is 2.81. The number of ether oxygens (including phenoxy) is 1. The molecule has 106 valence electrons. The Labute approximate surface area is 117 Å². The molecule has 0 aromatic carbocycles. The molecule has 0 unspecified atom stereocenters. The summed E-state index contributed by atoms with van der Waals surface area (Å²) in [4.78, 5) is 13.9. The second-order valence-corrected chi connectivity index (χ2v) is 5.59. The number of carbonyl (C=O) groups is 1. The van der Waals surface area contributed by atoms with Crippen LogP contribution in [0.25, 0.3) is 0 Å². The van der Waals surface area contributed by atoms with Gasteiger partial charge in [-0.15, -0.1) is 0 Å². The van der Waals surface area contributed by atoms with Crippen LogP contribution in [0.4, 0.5) is 0 Å². The maximum Gasteiger partial charge on any atom is 0.270 e. The van der Waals surface area contributed by atoms with E-state index in [1.54, 1.807) is 28.8 Å². The molecule has 0 spiro atoms. The van der Waals surface area contributed by atoms with Gasteiger partial charge in [-0.1, -0.05) is 11.6 Å².